The molecule has 1 aromatic carbocycles. The van der Waals surface area contributed by atoms with E-state index in [4.69, 9.17) is 0 Å². The van der Waals surface area contributed by atoms with Gasteiger partial charge in [-0.05, 0) is 46.4 Å². The minimum atomic E-state index is -0.108. The van der Waals surface area contributed by atoms with Crippen LogP contribution in [0, 0.1) is 6.92 Å². The van der Waals surface area contributed by atoms with Crippen molar-refractivity contribution in [2.75, 3.05) is 5.32 Å². The van der Waals surface area contributed by atoms with Gasteiger partial charge in [0.25, 0.3) is 5.91 Å². The van der Waals surface area contributed by atoms with Crippen molar-refractivity contribution >= 4 is 50.2 Å². The number of rotatable bonds is 3. The quantitative estimate of drug-likeness (QED) is 0.680. The number of nitrogens with one attached hydrogen (secondary N) is 1. The van der Waals surface area contributed by atoms with Crippen molar-refractivity contribution in [2.24, 2.45) is 0 Å². The first kappa shape index (κ1) is 14.4. The van der Waals surface area contributed by atoms with E-state index in [1.165, 1.54) is 11.3 Å². The minimum absolute atomic E-state index is 0.108. The molecule has 0 spiro atoms. The summed E-state index contributed by atoms with van der Waals surface area (Å²) in [5.74, 6) is -0.108. The normalized spacial score (nSPS) is 10.6. The van der Waals surface area contributed by atoms with E-state index in [9.17, 15) is 4.79 Å². The molecule has 3 rings (SSSR count). The molecule has 0 bridgehead atoms. The number of benzene rings is 1. The van der Waals surface area contributed by atoms with Crippen molar-refractivity contribution in [3.8, 4) is 11.3 Å². The number of halogens is 1. The van der Waals surface area contributed by atoms with Crippen molar-refractivity contribution in [3.63, 3.8) is 0 Å². The van der Waals surface area contributed by atoms with Crippen LogP contribution in [0.25, 0.3) is 11.3 Å². The molecule has 1 N–H and O–H groups in total. The second-order valence-corrected chi connectivity index (χ2v) is 7.22. The van der Waals surface area contributed by atoms with E-state index in [1.54, 1.807) is 11.3 Å². The number of aromatic nitrogens is 1. The first-order chi connectivity index (χ1) is 10.1. The summed E-state index contributed by atoms with van der Waals surface area (Å²) < 4.78 is 0.816. The smallest absolute Gasteiger partial charge is 0.266 e. The topological polar surface area (TPSA) is 42.0 Å². The van der Waals surface area contributed by atoms with Gasteiger partial charge in [-0.3, -0.25) is 4.79 Å². The summed E-state index contributed by atoms with van der Waals surface area (Å²) in [6.07, 6.45) is 0. The first-order valence-electron chi connectivity index (χ1n) is 6.20. The molecule has 0 radical (unpaired) electrons. The lowest BCUT2D eigenvalue weighted by atomic mass is 10.1. The Labute approximate surface area is 138 Å². The summed E-state index contributed by atoms with van der Waals surface area (Å²) in [6.45, 7) is 1.98. The molecule has 0 aliphatic carbocycles. The van der Waals surface area contributed by atoms with Crippen LogP contribution in [-0.2, 0) is 0 Å². The number of anilines is 1. The lowest BCUT2D eigenvalue weighted by molar-refractivity contribution is 0.103. The van der Waals surface area contributed by atoms with Crippen molar-refractivity contribution in [1.82, 2.24) is 4.98 Å². The zero-order valence-corrected chi connectivity index (χ0v) is 14.3. The molecule has 0 fully saturated rings. The van der Waals surface area contributed by atoms with Gasteiger partial charge in [0, 0.05) is 21.1 Å². The minimum Gasteiger partial charge on any atom is -0.321 e. The van der Waals surface area contributed by atoms with Crippen LogP contribution in [0.2, 0.25) is 0 Å². The molecule has 2 aromatic heterocycles. The fraction of sp³-hybridized carbons (Fsp3) is 0.0667. The second-order valence-electron chi connectivity index (χ2n) is 4.38. The van der Waals surface area contributed by atoms with Crippen LogP contribution in [0.5, 0.6) is 0 Å². The standard InChI is InChI=1S/C15H11BrN2OS2/c1-9-17-13(8-21-9)10-3-2-4-11(7-10)18-15(19)14-12(16)5-6-20-14/h2-8H,1H3,(H,18,19). The lowest BCUT2D eigenvalue weighted by Crippen LogP contribution is -2.10. The molecule has 6 heteroatoms. The molecule has 3 aromatic rings. The van der Waals surface area contributed by atoms with Crippen LogP contribution in [0.4, 0.5) is 5.69 Å². The van der Waals surface area contributed by atoms with Gasteiger partial charge in [-0.2, -0.15) is 0 Å². The first-order valence-corrected chi connectivity index (χ1v) is 8.75. The molecule has 0 aliphatic heterocycles. The molecular formula is C15H11BrN2OS2. The SMILES string of the molecule is Cc1nc(-c2cccc(NC(=O)c3sccc3Br)c2)cs1. The molecule has 0 atom stereocenters. The molecule has 1 amide bonds. The molecule has 0 unspecified atom stereocenters. The number of aryl methyl sites for hydroxylation is 1. The van der Waals surface area contributed by atoms with Crippen molar-refractivity contribution in [2.45, 2.75) is 6.92 Å². The maximum atomic E-state index is 12.2. The third kappa shape index (κ3) is 3.23. The van der Waals surface area contributed by atoms with Gasteiger partial charge >= 0.3 is 0 Å². The van der Waals surface area contributed by atoms with Crippen molar-refractivity contribution in [1.29, 1.82) is 0 Å². The van der Waals surface area contributed by atoms with Gasteiger partial charge < -0.3 is 5.32 Å². The lowest BCUT2D eigenvalue weighted by Gasteiger charge is -2.06. The highest BCUT2D eigenvalue weighted by molar-refractivity contribution is 9.10. The van der Waals surface area contributed by atoms with Crippen molar-refractivity contribution in [3.05, 3.63) is 55.4 Å². The van der Waals surface area contributed by atoms with Gasteiger partial charge in [0.1, 0.15) is 4.88 Å². The van der Waals surface area contributed by atoms with Gasteiger partial charge in [0.15, 0.2) is 0 Å². The molecule has 21 heavy (non-hydrogen) atoms. The van der Waals surface area contributed by atoms with Gasteiger partial charge in [-0.15, -0.1) is 22.7 Å². The summed E-state index contributed by atoms with van der Waals surface area (Å²) >= 11 is 6.40. The third-order valence-corrected chi connectivity index (χ3v) is 5.47. The Morgan fingerprint density at radius 1 is 1.29 bits per heavy atom. The Morgan fingerprint density at radius 2 is 2.14 bits per heavy atom. The third-order valence-electron chi connectivity index (χ3n) is 2.86. The number of thiazole rings is 1. The van der Waals surface area contributed by atoms with E-state index in [2.05, 4.69) is 26.2 Å². The summed E-state index contributed by atoms with van der Waals surface area (Å²) in [5, 5.41) is 7.85. The van der Waals surface area contributed by atoms with E-state index in [1.807, 2.05) is 48.0 Å². The summed E-state index contributed by atoms with van der Waals surface area (Å²) in [6, 6.07) is 9.60. The van der Waals surface area contributed by atoms with Crippen LogP contribution < -0.4 is 5.32 Å². The van der Waals surface area contributed by atoms with Gasteiger partial charge in [-0.25, -0.2) is 4.98 Å². The Bertz CT molecular complexity index is 794. The molecule has 0 aliphatic rings. The zero-order valence-electron chi connectivity index (χ0n) is 11.1. The fourth-order valence-corrected chi connectivity index (χ4v) is 3.96. The van der Waals surface area contributed by atoms with Crippen LogP contribution >= 0.6 is 38.6 Å². The van der Waals surface area contributed by atoms with Gasteiger partial charge in [-0.1, -0.05) is 12.1 Å². The van der Waals surface area contributed by atoms with Crippen LogP contribution in [0.15, 0.2) is 45.6 Å². The summed E-state index contributed by atoms with van der Waals surface area (Å²) in [5.41, 5.74) is 2.71. The number of carbonyl (C=O) groups excluding carboxylic acids is 1. The molecule has 3 nitrogen and oxygen atoms in total. The fourth-order valence-electron chi connectivity index (χ4n) is 1.90. The highest BCUT2D eigenvalue weighted by Gasteiger charge is 2.12. The maximum absolute atomic E-state index is 12.2. The average Bonchev–Trinajstić information content (AvgIpc) is 3.08. The zero-order chi connectivity index (χ0) is 14.8. The number of hydrogen-bond donors (Lipinski definition) is 1. The van der Waals surface area contributed by atoms with Gasteiger partial charge in [0.05, 0.1) is 10.7 Å². The number of amides is 1. The van der Waals surface area contributed by atoms with E-state index >= 15 is 0 Å². The number of nitrogens with zero attached hydrogens (tertiary/aromatic N) is 1. The number of hydrogen-bond acceptors (Lipinski definition) is 4. The van der Waals surface area contributed by atoms with E-state index in [-0.39, 0.29) is 5.91 Å². The second kappa shape index (κ2) is 6.09. The molecule has 0 saturated carbocycles. The Balaban J connectivity index is 1.84. The highest BCUT2D eigenvalue weighted by Crippen LogP contribution is 2.26. The predicted molar refractivity (Wildman–Crippen MR) is 92.3 cm³/mol. The number of carbonyl (C=O) groups is 1. The summed E-state index contributed by atoms with van der Waals surface area (Å²) in [4.78, 5) is 17.3. The average molecular weight is 379 g/mol. The van der Waals surface area contributed by atoms with E-state index in [0.717, 1.165) is 26.4 Å². The molecule has 106 valence electrons. The molecule has 2 heterocycles. The Morgan fingerprint density at radius 3 is 2.81 bits per heavy atom. The van der Waals surface area contributed by atoms with E-state index < -0.39 is 0 Å². The monoisotopic (exact) mass is 378 g/mol. The predicted octanol–water partition coefficient (Wildman–Crippen LogP) is 5.19. The molecule has 0 saturated heterocycles. The van der Waals surface area contributed by atoms with Crippen LogP contribution in [-0.4, -0.2) is 10.9 Å². The molecular weight excluding hydrogens is 368 g/mol. The largest absolute Gasteiger partial charge is 0.321 e. The number of thiophene rings is 1. The van der Waals surface area contributed by atoms with Crippen LogP contribution in [0.3, 0.4) is 0 Å². The maximum Gasteiger partial charge on any atom is 0.266 e. The van der Waals surface area contributed by atoms with Crippen LogP contribution in [0.1, 0.15) is 14.7 Å². The highest BCUT2D eigenvalue weighted by atomic mass is 79.9. The van der Waals surface area contributed by atoms with Crippen molar-refractivity contribution < 1.29 is 4.79 Å². The summed E-state index contributed by atoms with van der Waals surface area (Å²) in [7, 11) is 0. The van der Waals surface area contributed by atoms with E-state index in [0.29, 0.717) is 4.88 Å². The Kier molecular flexibility index (Phi) is 4.19. The Hall–Kier alpha value is -1.50. The van der Waals surface area contributed by atoms with Gasteiger partial charge in [0.2, 0.25) is 0 Å².